The molecule has 0 radical (unpaired) electrons. The Morgan fingerprint density at radius 1 is 1.21 bits per heavy atom. The fraction of sp³-hybridized carbons (Fsp3) is 0.579. The molecule has 1 aliphatic heterocycles. The molecule has 29 heavy (non-hydrogen) atoms. The van der Waals surface area contributed by atoms with Crippen molar-refractivity contribution in [3.63, 3.8) is 0 Å². The zero-order valence-corrected chi connectivity index (χ0v) is 20.2. The van der Waals surface area contributed by atoms with Gasteiger partial charge < -0.3 is 24.8 Å². The predicted molar refractivity (Wildman–Crippen MR) is 121 cm³/mol. The van der Waals surface area contributed by atoms with Gasteiger partial charge in [0.15, 0.2) is 0 Å². The van der Waals surface area contributed by atoms with Crippen LogP contribution in [-0.4, -0.2) is 69.7 Å². The second kappa shape index (κ2) is 12.0. The Morgan fingerprint density at radius 3 is 2.48 bits per heavy atom. The molecule has 1 saturated heterocycles. The van der Waals surface area contributed by atoms with Crippen molar-refractivity contribution in [2.45, 2.75) is 26.2 Å². The van der Waals surface area contributed by atoms with E-state index in [1.807, 2.05) is 13.1 Å². The highest BCUT2D eigenvalue weighted by Crippen LogP contribution is 2.21. The van der Waals surface area contributed by atoms with E-state index in [1.54, 1.807) is 12.1 Å². The summed E-state index contributed by atoms with van der Waals surface area (Å²) >= 11 is 6.71. The third kappa shape index (κ3) is 8.37. The van der Waals surface area contributed by atoms with Crippen LogP contribution in [0, 0.1) is 5.92 Å². The molecule has 0 spiro atoms. The van der Waals surface area contributed by atoms with E-state index in [9.17, 15) is 9.59 Å². The van der Waals surface area contributed by atoms with Gasteiger partial charge in [-0.25, -0.2) is 0 Å². The molecule has 1 fully saturated rings. The fourth-order valence-electron chi connectivity index (χ4n) is 2.97. The number of nitrogens with one attached hydrogen (secondary N) is 2. The summed E-state index contributed by atoms with van der Waals surface area (Å²) in [5, 5.41) is 5.64. The molecule has 0 aliphatic carbocycles. The molecule has 0 saturated carbocycles. The second-order valence-electron chi connectivity index (χ2n) is 7.52. The number of amides is 2. The van der Waals surface area contributed by atoms with Crippen molar-refractivity contribution in [2.24, 2.45) is 5.92 Å². The zero-order chi connectivity index (χ0) is 21.4. The van der Waals surface area contributed by atoms with Crippen LogP contribution in [0.1, 0.15) is 30.6 Å². The first-order valence-corrected chi connectivity index (χ1v) is 11.3. The number of carbonyl (C=O) groups excluding carboxylic acids is 2. The quantitative estimate of drug-likeness (QED) is 0.527. The number of carbonyl (C=O) groups is 2. The molecule has 0 aromatic heterocycles. The van der Waals surface area contributed by atoms with Crippen LogP contribution in [0.3, 0.4) is 0 Å². The van der Waals surface area contributed by atoms with Crippen molar-refractivity contribution >= 4 is 50.8 Å². The normalized spacial score (nSPS) is 16.8. The van der Waals surface area contributed by atoms with Crippen LogP contribution >= 0.6 is 31.9 Å². The molecular formula is C19H28BBr2N3O4. The van der Waals surface area contributed by atoms with Crippen LogP contribution < -0.4 is 10.6 Å². The number of hydrogen-bond donors (Lipinski definition) is 2. The highest BCUT2D eigenvalue weighted by Gasteiger charge is 2.33. The third-order valence-electron chi connectivity index (χ3n) is 4.49. The molecule has 7 nitrogen and oxygen atoms in total. The molecule has 2 rings (SSSR count). The van der Waals surface area contributed by atoms with Gasteiger partial charge in [0, 0.05) is 35.2 Å². The number of rotatable bonds is 7. The van der Waals surface area contributed by atoms with Gasteiger partial charge in [-0.15, -0.1) is 0 Å². The van der Waals surface area contributed by atoms with Gasteiger partial charge in [-0.3, -0.25) is 9.59 Å². The monoisotopic (exact) mass is 531 g/mol. The molecule has 1 aliphatic rings. The lowest BCUT2D eigenvalue weighted by atomic mass is 9.73. The Bertz CT molecular complexity index is 698. The SMILES string of the molecule is CC(C)C[C@H](NC(=O)CNC(=O)c1cc(Br)ccc1Br)B1OCCN(C)CCO1. The first-order valence-electron chi connectivity index (χ1n) is 9.70. The van der Waals surface area contributed by atoms with Crippen LogP contribution in [0.15, 0.2) is 27.1 Å². The Kier molecular flexibility index (Phi) is 10.1. The van der Waals surface area contributed by atoms with Gasteiger partial charge in [0.05, 0.1) is 18.0 Å². The number of likely N-dealkylation sites (N-methyl/N-ethyl adjacent to an activating group) is 1. The van der Waals surface area contributed by atoms with Gasteiger partial charge in [0.2, 0.25) is 5.91 Å². The van der Waals surface area contributed by atoms with Crippen molar-refractivity contribution in [3.05, 3.63) is 32.7 Å². The molecule has 1 heterocycles. The van der Waals surface area contributed by atoms with Crippen LogP contribution in [-0.2, 0) is 14.1 Å². The van der Waals surface area contributed by atoms with Crippen LogP contribution in [0.2, 0.25) is 0 Å². The number of benzene rings is 1. The number of hydrogen-bond acceptors (Lipinski definition) is 5. The first-order chi connectivity index (χ1) is 13.8. The Morgan fingerprint density at radius 2 is 1.86 bits per heavy atom. The highest BCUT2D eigenvalue weighted by atomic mass is 79.9. The fourth-order valence-corrected chi connectivity index (χ4v) is 3.76. The van der Waals surface area contributed by atoms with Crippen molar-refractivity contribution in [1.29, 1.82) is 0 Å². The van der Waals surface area contributed by atoms with E-state index in [0.29, 0.717) is 29.2 Å². The minimum Gasteiger partial charge on any atom is -0.408 e. The maximum absolute atomic E-state index is 12.5. The summed E-state index contributed by atoms with van der Waals surface area (Å²) in [6.07, 6.45) is 0.720. The number of nitrogens with zero attached hydrogens (tertiary/aromatic N) is 1. The Balaban J connectivity index is 1.93. The maximum Gasteiger partial charge on any atom is 0.480 e. The van der Waals surface area contributed by atoms with E-state index in [-0.39, 0.29) is 24.3 Å². The van der Waals surface area contributed by atoms with Crippen LogP contribution in [0.25, 0.3) is 0 Å². The van der Waals surface area contributed by atoms with Crippen molar-refractivity contribution in [1.82, 2.24) is 15.5 Å². The molecule has 160 valence electrons. The van der Waals surface area contributed by atoms with E-state index in [2.05, 4.69) is 61.2 Å². The maximum atomic E-state index is 12.5. The lowest BCUT2D eigenvalue weighted by Gasteiger charge is -2.29. The standard InChI is InChI=1S/C19H28BBr2N3O4/c1-13(2)10-17(20-28-8-6-25(3)7-9-29-20)24-18(26)12-23-19(27)15-11-14(21)4-5-16(15)22/h4-5,11,13,17H,6-10,12H2,1-3H3,(H,23,27)(H,24,26)/t17-/m0/s1. The summed E-state index contributed by atoms with van der Waals surface area (Å²) in [5.74, 6) is -0.523. The molecule has 0 unspecified atom stereocenters. The Hall–Kier alpha value is -0.935. The Labute approximate surface area is 189 Å². The third-order valence-corrected chi connectivity index (χ3v) is 5.68. The molecule has 10 heteroatoms. The minimum absolute atomic E-state index is 0.123. The number of halogens is 2. The van der Waals surface area contributed by atoms with Gasteiger partial charge in [-0.2, -0.15) is 0 Å². The van der Waals surface area contributed by atoms with Gasteiger partial charge in [-0.1, -0.05) is 29.8 Å². The zero-order valence-electron chi connectivity index (χ0n) is 17.0. The summed E-state index contributed by atoms with van der Waals surface area (Å²) in [7, 11) is 1.53. The van der Waals surface area contributed by atoms with Crippen molar-refractivity contribution < 1.29 is 18.9 Å². The summed E-state index contributed by atoms with van der Waals surface area (Å²) in [6, 6.07) is 5.31. The molecular weight excluding hydrogens is 505 g/mol. The summed E-state index contributed by atoms with van der Waals surface area (Å²) in [6.45, 7) is 6.77. The van der Waals surface area contributed by atoms with Gasteiger partial charge in [0.25, 0.3) is 5.91 Å². The molecule has 1 aromatic carbocycles. The second-order valence-corrected chi connectivity index (χ2v) is 9.29. The van der Waals surface area contributed by atoms with E-state index < -0.39 is 7.12 Å². The highest BCUT2D eigenvalue weighted by molar-refractivity contribution is 9.11. The lowest BCUT2D eigenvalue weighted by molar-refractivity contribution is -0.120. The van der Waals surface area contributed by atoms with Gasteiger partial charge in [-0.05, 0) is 53.5 Å². The lowest BCUT2D eigenvalue weighted by Crippen LogP contribution is -2.54. The van der Waals surface area contributed by atoms with Crippen LogP contribution in [0.5, 0.6) is 0 Å². The van der Waals surface area contributed by atoms with E-state index in [1.165, 1.54) is 0 Å². The minimum atomic E-state index is -0.495. The molecule has 1 atom stereocenters. The molecule has 1 aromatic rings. The summed E-state index contributed by atoms with van der Waals surface area (Å²) < 4.78 is 13.2. The average molecular weight is 533 g/mol. The van der Waals surface area contributed by atoms with Crippen molar-refractivity contribution in [3.8, 4) is 0 Å². The largest absolute Gasteiger partial charge is 0.480 e. The molecule has 0 bridgehead atoms. The summed E-state index contributed by atoms with van der Waals surface area (Å²) in [4.78, 5) is 27.1. The van der Waals surface area contributed by atoms with E-state index in [4.69, 9.17) is 9.31 Å². The molecule has 2 amide bonds. The molecule has 2 N–H and O–H groups in total. The predicted octanol–water partition coefficient (Wildman–Crippen LogP) is 2.48. The van der Waals surface area contributed by atoms with Gasteiger partial charge >= 0.3 is 7.12 Å². The topological polar surface area (TPSA) is 79.9 Å². The van der Waals surface area contributed by atoms with Crippen LogP contribution in [0.4, 0.5) is 0 Å². The van der Waals surface area contributed by atoms with E-state index >= 15 is 0 Å². The van der Waals surface area contributed by atoms with E-state index in [0.717, 1.165) is 24.0 Å². The average Bonchev–Trinajstić information content (AvgIpc) is 2.63. The smallest absolute Gasteiger partial charge is 0.408 e. The first kappa shape index (κ1) is 24.3. The van der Waals surface area contributed by atoms with Crippen molar-refractivity contribution in [2.75, 3.05) is 39.9 Å². The van der Waals surface area contributed by atoms with Gasteiger partial charge in [0.1, 0.15) is 0 Å². The summed E-state index contributed by atoms with van der Waals surface area (Å²) in [5.41, 5.74) is 0.460.